The van der Waals surface area contributed by atoms with E-state index in [0.29, 0.717) is 19.4 Å². The van der Waals surface area contributed by atoms with Crippen molar-refractivity contribution in [1.29, 1.82) is 0 Å². The number of likely N-dealkylation sites (tertiary alicyclic amines) is 1. The summed E-state index contributed by atoms with van der Waals surface area (Å²) in [4.78, 5) is 45.9. The van der Waals surface area contributed by atoms with Crippen LogP contribution in [0.1, 0.15) is 57.7 Å². The van der Waals surface area contributed by atoms with Crippen LogP contribution in [0.2, 0.25) is 0 Å². The summed E-state index contributed by atoms with van der Waals surface area (Å²) >= 11 is 1.58. The summed E-state index contributed by atoms with van der Waals surface area (Å²) in [5.41, 5.74) is 4.17. The Morgan fingerprint density at radius 1 is 1.19 bits per heavy atom. The van der Waals surface area contributed by atoms with Crippen LogP contribution in [0.3, 0.4) is 0 Å². The molecule has 0 saturated carbocycles. The van der Waals surface area contributed by atoms with E-state index in [1.165, 1.54) is 4.90 Å². The lowest BCUT2D eigenvalue weighted by Gasteiger charge is -2.35. The van der Waals surface area contributed by atoms with Crippen molar-refractivity contribution >= 4 is 29.1 Å². The summed E-state index contributed by atoms with van der Waals surface area (Å²) in [6, 6.07) is 6.21. The number of carbonyl (C=O) groups excluding carboxylic acids is 3. The molecule has 0 spiro atoms. The molecule has 37 heavy (non-hydrogen) atoms. The van der Waals surface area contributed by atoms with E-state index in [4.69, 9.17) is 5.11 Å². The minimum atomic E-state index is -0.850. The molecule has 1 aliphatic heterocycles. The SMILES string of the molecule is Cc1ncsc1-c1ccc(CNC(=O)[C@@H]2C[C@@H](O)CN2C(=O)[C@@H](NC(=O)CCCCO)C(C)(C)C)cc1. The molecule has 1 aromatic carbocycles. The van der Waals surface area contributed by atoms with Gasteiger partial charge in [0.05, 0.1) is 22.2 Å². The first-order chi connectivity index (χ1) is 17.5. The van der Waals surface area contributed by atoms with Crippen LogP contribution in [-0.2, 0) is 20.9 Å². The first kappa shape index (κ1) is 28.7. The summed E-state index contributed by atoms with van der Waals surface area (Å²) in [6.07, 6.45) is 0.556. The molecule has 3 atom stereocenters. The van der Waals surface area contributed by atoms with E-state index in [1.54, 1.807) is 11.3 Å². The van der Waals surface area contributed by atoms with Crippen LogP contribution in [0.5, 0.6) is 0 Å². The van der Waals surface area contributed by atoms with Crippen LogP contribution in [0, 0.1) is 12.3 Å². The van der Waals surface area contributed by atoms with Gasteiger partial charge >= 0.3 is 0 Å². The van der Waals surface area contributed by atoms with E-state index in [9.17, 15) is 19.5 Å². The van der Waals surface area contributed by atoms with Crippen LogP contribution in [0.4, 0.5) is 0 Å². The van der Waals surface area contributed by atoms with Gasteiger partial charge < -0.3 is 25.7 Å². The monoisotopic (exact) mass is 530 g/mol. The number of hydrogen-bond acceptors (Lipinski definition) is 7. The highest BCUT2D eigenvalue weighted by atomic mass is 32.1. The fourth-order valence-corrected chi connectivity index (χ4v) is 5.22. The average molecular weight is 531 g/mol. The summed E-state index contributed by atoms with van der Waals surface area (Å²) < 4.78 is 0. The van der Waals surface area contributed by atoms with Crippen LogP contribution in [-0.4, -0.2) is 69.2 Å². The molecule has 2 heterocycles. The highest BCUT2D eigenvalue weighted by molar-refractivity contribution is 7.13. The third kappa shape index (κ3) is 7.59. The maximum Gasteiger partial charge on any atom is 0.246 e. The highest BCUT2D eigenvalue weighted by Crippen LogP contribution is 2.28. The third-order valence-electron chi connectivity index (χ3n) is 6.52. The van der Waals surface area contributed by atoms with Crippen LogP contribution in [0.15, 0.2) is 29.8 Å². The Morgan fingerprint density at radius 2 is 1.89 bits per heavy atom. The topological polar surface area (TPSA) is 132 Å². The number of benzene rings is 1. The summed E-state index contributed by atoms with van der Waals surface area (Å²) in [5.74, 6) is -1.00. The first-order valence-electron chi connectivity index (χ1n) is 12.7. The van der Waals surface area contributed by atoms with Gasteiger partial charge in [0.25, 0.3) is 0 Å². The standard InChI is InChI=1S/C27H38N4O5S/c1-17-23(37-16-29-17)19-10-8-18(9-11-19)14-28-25(35)21-13-20(33)15-31(21)26(36)24(27(2,3)4)30-22(34)7-5-6-12-32/h8-11,16,20-21,24,32-33H,5-7,12-15H2,1-4H3,(H,28,35)(H,30,34)/t20-,21+,24-/m1/s1. The van der Waals surface area contributed by atoms with E-state index < -0.39 is 23.6 Å². The van der Waals surface area contributed by atoms with Gasteiger partial charge in [0.1, 0.15) is 12.1 Å². The zero-order valence-corrected chi connectivity index (χ0v) is 22.8. The molecule has 202 valence electrons. The molecule has 1 fully saturated rings. The van der Waals surface area contributed by atoms with Gasteiger partial charge in [0, 0.05) is 32.5 Å². The molecular weight excluding hydrogens is 492 g/mol. The van der Waals surface area contributed by atoms with Gasteiger partial charge in [-0.2, -0.15) is 0 Å². The summed E-state index contributed by atoms with van der Waals surface area (Å²) in [6.45, 7) is 7.85. The number of β-amino-alcohol motifs (C(OH)–C–C–N with tert-alkyl or cyclic N) is 1. The van der Waals surface area contributed by atoms with Crippen molar-refractivity contribution in [2.24, 2.45) is 5.41 Å². The molecule has 0 radical (unpaired) electrons. The van der Waals surface area contributed by atoms with Gasteiger partial charge in [-0.05, 0) is 36.3 Å². The fourth-order valence-electron chi connectivity index (χ4n) is 4.41. The van der Waals surface area contributed by atoms with Gasteiger partial charge in [-0.3, -0.25) is 14.4 Å². The van der Waals surface area contributed by atoms with Gasteiger partial charge in [-0.1, -0.05) is 45.0 Å². The van der Waals surface area contributed by atoms with E-state index in [2.05, 4.69) is 15.6 Å². The van der Waals surface area contributed by atoms with Crippen LogP contribution in [0.25, 0.3) is 10.4 Å². The number of aryl methyl sites for hydroxylation is 1. The van der Waals surface area contributed by atoms with Gasteiger partial charge in [0.15, 0.2) is 0 Å². The van der Waals surface area contributed by atoms with Gasteiger partial charge in [-0.25, -0.2) is 4.98 Å². The lowest BCUT2D eigenvalue weighted by Crippen LogP contribution is -2.57. The van der Waals surface area contributed by atoms with Gasteiger partial charge in [0.2, 0.25) is 17.7 Å². The van der Waals surface area contributed by atoms with Crippen molar-refractivity contribution in [2.75, 3.05) is 13.2 Å². The van der Waals surface area contributed by atoms with Gasteiger partial charge in [-0.15, -0.1) is 11.3 Å². The molecule has 0 unspecified atom stereocenters. The van der Waals surface area contributed by atoms with Crippen molar-refractivity contribution in [3.05, 3.63) is 41.0 Å². The molecule has 3 amide bonds. The predicted molar refractivity (Wildman–Crippen MR) is 143 cm³/mol. The summed E-state index contributed by atoms with van der Waals surface area (Å²) in [7, 11) is 0. The van der Waals surface area contributed by atoms with Crippen LogP contribution >= 0.6 is 11.3 Å². The number of aliphatic hydroxyl groups is 2. The molecule has 1 aromatic heterocycles. The zero-order valence-electron chi connectivity index (χ0n) is 22.0. The van der Waals surface area contributed by atoms with E-state index in [0.717, 1.165) is 21.7 Å². The largest absolute Gasteiger partial charge is 0.396 e. The number of thiazole rings is 1. The maximum atomic E-state index is 13.5. The molecular formula is C27H38N4O5S. The van der Waals surface area contributed by atoms with Crippen molar-refractivity contribution in [2.45, 2.75) is 78.1 Å². The zero-order chi connectivity index (χ0) is 27.2. The van der Waals surface area contributed by atoms with E-state index in [1.807, 2.05) is 57.5 Å². The Morgan fingerprint density at radius 3 is 2.49 bits per heavy atom. The second-order valence-corrected chi connectivity index (χ2v) is 11.5. The Labute approximate surface area is 222 Å². The Bertz CT molecular complexity index is 1080. The predicted octanol–water partition coefficient (Wildman–Crippen LogP) is 2.39. The van der Waals surface area contributed by atoms with Crippen molar-refractivity contribution < 1.29 is 24.6 Å². The van der Waals surface area contributed by atoms with Crippen molar-refractivity contribution in [3.63, 3.8) is 0 Å². The third-order valence-corrected chi connectivity index (χ3v) is 7.50. The molecule has 1 aliphatic rings. The lowest BCUT2D eigenvalue weighted by molar-refractivity contribution is -0.144. The number of aromatic nitrogens is 1. The molecule has 0 aliphatic carbocycles. The van der Waals surface area contributed by atoms with E-state index in [-0.39, 0.29) is 43.7 Å². The summed E-state index contributed by atoms with van der Waals surface area (Å²) in [5, 5.41) is 25.0. The first-order valence-corrected chi connectivity index (χ1v) is 13.5. The number of nitrogens with zero attached hydrogens (tertiary/aromatic N) is 2. The Hall–Kier alpha value is -2.82. The number of amides is 3. The Kier molecular flexibility index (Phi) is 9.80. The van der Waals surface area contributed by atoms with Crippen molar-refractivity contribution in [3.8, 4) is 10.4 Å². The highest BCUT2D eigenvalue weighted by Gasteiger charge is 2.44. The quantitative estimate of drug-likeness (QED) is 0.349. The molecule has 0 bridgehead atoms. The number of aliphatic hydroxyl groups excluding tert-OH is 2. The minimum Gasteiger partial charge on any atom is -0.396 e. The molecule has 2 aromatic rings. The smallest absolute Gasteiger partial charge is 0.246 e. The fraction of sp³-hybridized carbons (Fsp3) is 0.556. The average Bonchev–Trinajstić information content (AvgIpc) is 3.46. The number of carbonyl (C=O) groups is 3. The molecule has 10 heteroatoms. The number of hydrogen-bond donors (Lipinski definition) is 4. The number of nitrogens with one attached hydrogen (secondary N) is 2. The second kappa shape index (κ2) is 12.6. The second-order valence-electron chi connectivity index (χ2n) is 10.6. The Balaban J connectivity index is 1.65. The number of rotatable bonds is 10. The molecule has 1 saturated heterocycles. The van der Waals surface area contributed by atoms with E-state index >= 15 is 0 Å². The molecule has 3 rings (SSSR count). The van der Waals surface area contributed by atoms with Crippen LogP contribution < -0.4 is 10.6 Å². The lowest BCUT2D eigenvalue weighted by atomic mass is 9.85. The normalized spacial score (nSPS) is 18.5. The maximum absolute atomic E-state index is 13.5. The van der Waals surface area contributed by atoms with Crippen molar-refractivity contribution in [1.82, 2.24) is 20.5 Å². The molecule has 4 N–H and O–H groups in total. The minimum absolute atomic E-state index is 0.00724. The molecule has 9 nitrogen and oxygen atoms in total. The number of unbranched alkanes of at least 4 members (excludes halogenated alkanes) is 1.